The molecule has 0 aliphatic heterocycles. The minimum atomic E-state index is -3.78. The van der Waals surface area contributed by atoms with Crippen LogP contribution in [0.1, 0.15) is 6.92 Å². The van der Waals surface area contributed by atoms with Crippen molar-refractivity contribution in [1.29, 1.82) is 0 Å². The number of halogens is 1. The van der Waals surface area contributed by atoms with Crippen LogP contribution in [0.4, 0.5) is 0 Å². The molecule has 0 saturated heterocycles. The molecule has 1 amide bonds. The summed E-state index contributed by atoms with van der Waals surface area (Å²) in [7, 11) is -3.78. The van der Waals surface area contributed by atoms with Crippen LogP contribution in [0.2, 0.25) is 4.34 Å². The number of allylic oxidation sites excluding steroid dienone is 1. The predicted octanol–water partition coefficient (Wildman–Crippen LogP) is 1.78. The summed E-state index contributed by atoms with van der Waals surface area (Å²) in [6, 6.07) is 2.80. The van der Waals surface area contributed by atoms with Crippen molar-refractivity contribution in [2.75, 3.05) is 0 Å². The van der Waals surface area contributed by atoms with E-state index in [1.54, 1.807) is 6.92 Å². The molecule has 1 heterocycles. The van der Waals surface area contributed by atoms with E-state index in [9.17, 15) is 13.2 Å². The Hall–Kier alpha value is -0.850. The maximum atomic E-state index is 11.5. The number of rotatable bonds is 3. The summed E-state index contributed by atoms with van der Waals surface area (Å²) < 4.78 is 25.3. The highest BCUT2D eigenvalue weighted by molar-refractivity contribution is 7.92. The van der Waals surface area contributed by atoms with Crippen LogP contribution in [0, 0.1) is 0 Å². The van der Waals surface area contributed by atoms with E-state index >= 15 is 0 Å². The monoisotopic (exact) mass is 265 g/mol. The number of sulfonamides is 1. The Balaban J connectivity index is 2.90. The zero-order chi connectivity index (χ0) is 11.5. The van der Waals surface area contributed by atoms with E-state index in [2.05, 4.69) is 0 Å². The first-order valence-electron chi connectivity index (χ1n) is 3.90. The summed E-state index contributed by atoms with van der Waals surface area (Å²) in [6.07, 6.45) is 2.58. The molecule has 0 spiro atoms. The predicted molar refractivity (Wildman–Crippen MR) is 59.5 cm³/mol. The third-order valence-electron chi connectivity index (χ3n) is 1.37. The fourth-order valence-corrected chi connectivity index (χ4v) is 3.24. The molecule has 0 bridgehead atoms. The first-order valence-corrected chi connectivity index (χ1v) is 6.58. The van der Waals surface area contributed by atoms with Gasteiger partial charge in [0.15, 0.2) is 0 Å². The molecule has 0 aromatic carbocycles. The van der Waals surface area contributed by atoms with E-state index in [0.717, 1.165) is 17.4 Å². The third-order valence-corrected chi connectivity index (χ3v) is 4.44. The lowest BCUT2D eigenvalue weighted by atomic mass is 10.5. The number of amides is 1. The minimum Gasteiger partial charge on any atom is -0.269 e. The van der Waals surface area contributed by atoms with Gasteiger partial charge in [-0.1, -0.05) is 17.7 Å². The Kier molecular flexibility index (Phi) is 3.90. The molecular weight excluding hydrogens is 258 g/mol. The van der Waals surface area contributed by atoms with E-state index in [1.807, 2.05) is 4.72 Å². The van der Waals surface area contributed by atoms with Crippen molar-refractivity contribution >= 4 is 38.9 Å². The maximum Gasteiger partial charge on any atom is 0.273 e. The Morgan fingerprint density at radius 2 is 2.20 bits per heavy atom. The maximum absolute atomic E-state index is 11.5. The van der Waals surface area contributed by atoms with Gasteiger partial charge in [0, 0.05) is 0 Å². The van der Waals surface area contributed by atoms with Gasteiger partial charge in [0.05, 0.1) is 4.34 Å². The van der Waals surface area contributed by atoms with Crippen molar-refractivity contribution in [2.24, 2.45) is 0 Å². The number of hydrogen-bond acceptors (Lipinski definition) is 4. The van der Waals surface area contributed by atoms with Gasteiger partial charge >= 0.3 is 0 Å². The summed E-state index contributed by atoms with van der Waals surface area (Å²) in [5, 5.41) is 0. The quantitative estimate of drug-likeness (QED) is 0.848. The van der Waals surface area contributed by atoms with Crippen molar-refractivity contribution in [3.05, 3.63) is 28.6 Å². The molecule has 7 heteroatoms. The molecule has 0 fully saturated rings. The average molecular weight is 266 g/mol. The van der Waals surface area contributed by atoms with Gasteiger partial charge in [0.25, 0.3) is 15.9 Å². The lowest BCUT2D eigenvalue weighted by Gasteiger charge is -2.00. The Labute approximate surface area is 96.6 Å². The third kappa shape index (κ3) is 3.33. The van der Waals surface area contributed by atoms with Crippen molar-refractivity contribution < 1.29 is 13.2 Å². The fourth-order valence-electron chi connectivity index (χ4n) is 0.810. The topological polar surface area (TPSA) is 63.2 Å². The average Bonchev–Trinajstić information content (AvgIpc) is 2.51. The first-order chi connectivity index (χ1) is 6.95. The molecule has 82 valence electrons. The minimum absolute atomic E-state index is 0.0188. The molecule has 0 atom stereocenters. The van der Waals surface area contributed by atoms with Gasteiger partial charge in [-0.05, 0) is 25.1 Å². The van der Waals surface area contributed by atoms with Crippen molar-refractivity contribution in [3.8, 4) is 0 Å². The lowest BCUT2D eigenvalue weighted by molar-refractivity contribution is -0.114. The highest BCUT2D eigenvalue weighted by atomic mass is 35.5. The Morgan fingerprint density at radius 1 is 1.53 bits per heavy atom. The highest BCUT2D eigenvalue weighted by Gasteiger charge is 2.18. The van der Waals surface area contributed by atoms with Gasteiger partial charge in [0.1, 0.15) is 4.21 Å². The van der Waals surface area contributed by atoms with Gasteiger partial charge in [-0.25, -0.2) is 13.1 Å². The molecule has 1 N–H and O–H groups in total. The summed E-state index contributed by atoms with van der Waals surface area (Å²) >= 11 is 6.48. The van der Waals surface area contributed by atoms with Crippen LogP contribution < -0.4 is 4.72 Å². The van der Waals surface area contributed by atoms with Crippen molar-refractivity contribution in [2.45, 2.75) is 11.1 Å². The van der Waals surface area contributed by atoms with Crippen LogP contribution >= 0.6 is 22.9 Å². The second kappa shape index (κ2) is 4.78. The fraction of sp³-hybridized carbons (Fsp3) is 0.125. The van der Waals surface area contributed by atoms with Crippen LogP contribution in [0.3, 0.4) is 0 Å². The number of carbonyl (C=O) groups excluding carboxylic acids is 1. The van der Waals surface area contributed by atoms with E-state index in [4.69, 9.17) is 11.6 Å². The van der Waals surface area contributed by atoms with E-state index < -0.39 is 15.9 Å². The molecule has 0 aliphatic carbocycles. The molecule has 0 aliphatic rings. The van der Waals surface area contributed by atoms with E-state index in [0.29, 0.717) is 4.34 Å². The zero-order valence-electron chi connectivity index (χ0n) is 7.73. The first kappa shape index (κ1) is 12.2. The van der Waals surface area contributed by atoms with Crippen LogP contribution in [-0.4, -0.2) is 14.3 Å². The van der Waals surface area contributed by atoms with Crippen LogP contribution in [0.25, 0.3) is 0 Å². The zero-order valence-corrected chi connectivity index (χ0v) is 10.1. The number of carbonyl (C=O) groups is 1. The molecule has 0 saturated carbocycles. The largest absolute Gasteiger partial charge is 0.273 e. The second-order valence-corrected chi connectivity index (χ2v) is 6.15. The number of thiophene rings is 1. The standard InChI is InChI=1S/C8H8ClNO3S2/c1-2-3-7(11)10-15(12,13)8-5-4-6(9)14-8/h2-5H,1H3,(H,10,11). The van der Waals surface area contributed by atoms with Crippen LogP contribution in [0.5, 0.6) is 0 Å². The molecule has 1 aromatic rings. The summed E-state index contributed by atoms with van der Waals surface area (Å²) in [6.45, 7) is 1.62. The van der Waals surface area contributed by atoms with E-state index in [-0.39, 0.29) is 4.21 Å². The SMILES string of the molecule is CC=CC(=O)NS(=O)(=O)c1ccc(Cl)s1. The van der Waals surface area contributed by atoms with Gasteiger partial charge in [0.2, 0.25) is 0 Å². The molecule has 1 rings (SSSR count). The molecule has 0 unspecified atom stereocenters. The summed E-state index contributed by atoms with van der Waals surface area (Å²) in [5.41, 5.74) is 0. The Morgan fingerprint density at radius 3 is 2.67 bits per heavy atom. The van der Waals surface area contributed by atoms with Crippen molar-refractivity contribution in [1.82, 2.24) is 4.72 Å². The van der Waals surface area contributed by atoms with E-state index in [1.165, 1.54) is 18.2 Å². The Bertz CT molecular complexity index is 490. The summed E-state index contributed by atoms with van der Waals surface area (Å²) in [5.74, 6) is -0.679. The second-order valence-electron chi connectivity index (χ2n) is 2.53. The summed E-state index contributed by atoms with van der Waals surface area (Å²) in [4.78, 5) is 11.0. The molecule has 0 radical (unpaired) electrons. The van der Waals surface area contributed by atoms with Gasteiger partial charge in [-0.15, -0.1) is 11.3 Å². The van der Waals surface area contributed by atoms with Crippen LogP contribution in [0.15, 0.2) is 28.5 Å². The molecule has 1 aromatic heterocycles. The molecular formula is C8H8ClNO3S2. The van der Waals surface area contributed by atoms with Crippen molar-refractivity contribution in [3.63, 3.8) is 0 Å². The van der Waals surface area contributed by atoms with Gasteiger partial charge in [-0.3, -0.25) is 4.79 Å². The highest BCUT2D eigenvalue weighted by Crippen LogP contribution is 2.25. The molecule has 4 nitrogen and oxygen atoms in total. The number of hydrogen-bond donors (Lipinski definition) is 1. The lowest BCUT2D eigenvalue weighted by Crippen LogP contribution is -2.28. The molecule has 15 heavy (non-hydrogen) atoms. The smallest absolute Gasteiger partial charge is 0.269 e. The van der Waals surface area contributed by atoms with Gasteiger partial charge < -0.3 is 0 Å². The van der Waals surface area contributed by atoms with Crippen LogP contribution in [-0.2, 0) is 14.8 Å². The van der Waals surface area contributed by atoms with Gasteiger partial charge in [-0.2, -0.15) is 0 Å². The normalized spacial score (nSPS) is 11.9. The number of nitrogens with one attached hydrogen (secondary N) is 1.